The van der Waals surface area contributed by atoms with Gasteiger partial charge in [0.1, 0.15) is 0 Å². The third-order valence-corrected chi connectivity index (χ3v) is 4.04. The van der Waals surface area contributed by atoms with Crippen LogP contribution in [0.1, 0.15) is 26.3 Å². The SMILES string of the molecule is CC(C)(C)c1cccc(-c2ccc(I)c(N)c2)c1. The van der Waals surface area contributed by atoms with E-state index in [0.29, 0.717) is 0 Å². The predicted molar refractivity (Wildman–Crippen MR) is 87.7 cm³/mol. The molecule has 0 aromatic heterocycles. The number of nitrogens with two attached hydrogens (primary N) is 1. The van der Waals surface area contributed by atoms with Crippen molar-refractivity contribution in [2.45, 2.75) is 26.2 Å². The summed E-state index contributed by atoms with van der Waals surface area (Å²) in [6.45, 7) is 6.69. The molecule has 0 saturated heterocycles. The molecule has 0 atom stereocenters. The van der Waals surface area contributed by atoms with Crippen molar-refractivity contribution in [3.05, 3.63) is 51.6 Å². The number of anilines is 1. The molecule has 2 N–H and O–H groups in total. The molecule has 0 saturated carbocycles. The van der Waals surface area contributed by atoms with Crippen molar-refractivity contribution < 1.29 is 0 Å². The molecule has 2 aromatic carbocycles. The zero-order valence-electron chi connectivity index (χ0n) is 11.0. The largest absolute Gasteiger partial charge is 0.398 e. The summed E-state index contributed by atoms with van der Waals surface area (Å²) in [6, 6.07) is 14.9. The van der Waals surface area contributed by atoms with Crippen LogP contribution in [0.15, 0.2) is 42.5 Å². The first-order valence-electron chi connectivity index (χ1n) is 6.04. The van der Waals surface area contributed by atoms with Gasteiger partial charge in [-0.05, 0) is 56.8 Å². The standard InChI is InChI=1S/C16H18IN/c1-16(2,3)13-6-4-5-11(9-13)12-7-8-14(17)15(18)10-12/h4-10H,18H2,1-3H3. The predicted octanol–water partition coefficient (Wildman–Crippen LogP) is 4.84. The van der Waals surface area contributed by atoms with Crippen molar-refractivity contribution in [1.29, 1.82) is 0 Å². The first-order chi connectivity index (χ1) is 8.38. The van der Waals surface area contributed by atoms with Crippen molar-refractivity contribution in [3.63, 3.8) is 0 Å². The molecule has 0 heterocycles. The molecule has 0 amide bonds. The van der Waals surface area contributed by atoms with E-state index < -0.39 is 0 Å². The van der Waals surface area contributed by atoms with Crippen molar-refractivity contribution in [2.24, 2.45) is 0 Å². The number of hydrogen-bond acceptors (Lipinski definition) is 1. The van der Waals surface area contributed by atoms with Gasteiger partial charge in [0.15, 0.2) is 0 Å². The third kappa shape index (κ3) is 2.86. The van der Waals surface area contributed by atoms with E-state index in [1.807, 2.05) is 6.07 Å². The van der Waals surface area contributed by atoms with Gasteiger partial charge in [0.2, 0.25) is 0 Å². The maximum absolute atomic E-state index is 5.97. The van der Waals surface area contributed by atoms with Crippen LogP contribution in [0.2, 0.25) is 0 Å². The molecule has 0 spiro atoms. The van der Waals surface area contributed by atoms with Crippen LogP contribution in [0, 0.1) is 3.57 Å². The molecule has 18 heavy (non-hydrogen) atoms. The first kappa shape index (κ1) is 13.4. The van der Waals surface area contributed by atoms with Crippen LogP contribution < -0.4 is 5.73 Å². The van der Waals surface area contributed by atoms with Gasteiger partial charge in [-0.1, -0.05) is 51.1 Å². The minimum absolute atomic E-state index is 0.171. The molecule has 0 aliphatic carbocycles. The number of benzene rings is 2. The molecular formula is C16H18IN. The normalized spacial score (nSPS) is 11.6. The third-order valence-electron chi connectivity index (χ3n) is 3.06. The quantitative estimate of drug-likeness (QED) is 0.578. The van der Waals surface area contributed by atoms with Crippen LogP contribution in [0.25, 0.3) is 11.1 Å². The maximum Gasteiger partial charge on any atom is 0.0455 e. The van der Waals surface area contributed by atoms with E-state index in [4.69, 9.17) is 5.73 Å². The molecule has 0 aliphatic heterocycles. The van der Waals surface area contributed by atoms with Crippen molar-refractivity contribution >= 4 is 28.3 Å². The van der Waals surface area contributed by atoms with Gasteiger partial charge in [-0.25, -0.2) is 0 Å². The van der Waals surface area contributed by atoms with E-state index in [1.165, 1.54) is 16.7 Å². The van der Waals surface area contributed by atoms with Crippen molar-refractivity contribution in [1.82, 2.24) is 0 Å². The van der Waals surface area contributed by atoms with E-state index in [2.05, 4.69) is 79.8 Å². The summed E-state index contributed by atoms with van der Waals surface area (Å²) in [5, 5.41) is 0. The smallest absolute Gasteiger partial charge is 0.0455 e. The fourth-order valence-electron chi connectivity index (χ4n) is 1.89. The molecule has 1 nitrogen and oxygen atoms in total. The van der Waals surface area contributed by atoms with E-state index >= 15 is 0 Å². The second-order valence-electron chi connectivity index (χ2n) is 5.57. The van der Waals surface area contributed by atoms with Gasteiger partial charge in [-0.3, -0.25) is 0 Å². The summed E-state index contributed by atoms with van der Waals surface area (Å²) in [7, 11) is 0. The van der Waals surface area contributed by atoms with Gasteiger partial charge in [0.25, 0.3) is 0 Å². The first-order valence-corrected chi connectivity index (χ1v) is 7.12. The minimum Gasteiger partial charge on any atom is -0.398 e. The lowest BCUT2D eigenvalue weighted by atomic mass is 9.85. The molecule has 2 rings (SSSR count). The summed E-state index contributed by atoms with van der Waals surface area (Å²) in [5.74, 6) is 0. The summed E-state index contributed by atoms with van der Waals surface area (Å²) < 4.78 is 1.10. The average molecular weight is 351 g/mol. The summed E-state index contributed by atoms with van der Waals surface area (Å²) >= 11 is 2.25. The average Bonchev–Trinajstić information content (AvgIpc) is 2.32. The number of halogens is 1. The van der Waals surface area contributed by atoms with Gasteiger partial charge >= 0.3 is 0 Å². The zero-order valence-corrected chi connectivity index (χ0v) is 13.2. The minimum atomic E-state index is 0.171. The molecule has 0 fully saturated rings. The van der Waals surface area contributed by atoms with Gasteiger partial charge in [-0.15, -0.1) is 0 Å². The van der Waals surface area contributed by atoms with E-state index in [0.717, 1.165) is 9.26 Å². The van der Waals surface area contributed by atoms with Gasteiger partial charge in [0.05, 0.1) is 0 Å². The summed E-state index contributed by atoms with van der Waals surface area (Å²) in [4.78, 5) is 0. The zero-order chi connectivity index (χ0) is 13.3. The fraction of sp³-hybridized carbons (Fsp3) is 0.250. The summed E-state index contributed by atoms with van der Waals surface area (Å²) in [5.41, 5.74) is 10.7. The molecule has 2 aromatic rings. The molecule has 94 valence electrons. The Kier molecular flexibility index (Phi) is 3.66. The van der Waals surface area contributed by atoms with Gasteiger partial charge in [0, 0.05) is 9.26 Å². The Balaban J connectivity index is 2.48. The Morgan fingerprint density at radius 2 is 1.61 bits per heavy atom. The van der Waals surface area contributed by atoms with E-state index in [9.17, 15) is 0 Å². The molecule has 0 bridgehead atoms. The van der Waals surface area contributed by atoms with Crippen molar-refractivity contribution in [2.75, 3.05) is 5.73 Å². The number of hydrogen-bond donors (Lipinski definition) is 1. The summed E-state index contributed by atoms with van der Waals surface area (Å²) in [6.07, 6.45) is 0. The Labute approximate surface area is 123 Å². The van der Waals surface area contributed by atoms with Gasteiger partial charge < -0.3 is 5.73 Å². The molecule has 2 heteroatoms. The van der Waals surface area contributed by atoms with Gasteiger partial charge in [-0.2, -0.15) is 0 Å². The molecule has 0 radical (unpaired) electrons. The Hall–Kier alpha value is -1.03. The fourth-order valence-corrected chi connectivity index (χ4v) is 2.22. The topological polar surface area (TPSA) is 26.0 Å². The lowest BCUT2D eigenvalue weighted by Gasteiger charge is -2.20. The highest BCUT2D eigenvalue weighted by Gasteiger charge is 2.14. The molecule has 0 aliphatic rings. The Morgan fingerprint density at radius 1 is 0.944 bits per heavy atom. The Morgan fingerprint density at radius 3 is 2.22 bits per heavy atom. The number of rotatable bonds is 1. The second-order valence-corrected chi connectivity index (χ2v) is 6.73. The second kappa shape index (κ2) is 4.92. The van der Waals surface area contributed by atoms with Crippen LogP contribution in [0.5, 0.6) is 0 Å². The van der Waals surface area contributed by atoms with Crippen LogP contribution >= 0.6 is 22.6 Å². The lowest BCUT2D eigenvalue weighted by molar-refractivity contribution is 0.590. The highest BCUT2D eigenvalue weighted by molar-refractivity contribution is 14.1. The van der Waals surface area contributed by atoms with E-state index in [-0.39, 0.29) is 5.41 Å². The maximum atomic E-state index is 5.97. The monoisotopic (exact) mass is 351 g/mol. The Bertz CT molecular complexity index is 568. The number of nitrogen functional groups attached to an aromatic ring is 1. The van der Waals surface area contributed by atoms with Crippen LogP contribution in [0.4, 0.5) is 5.69 Å². The highest BCUT2D eigenvalue weighted by atomic mass is 127. The molecular weight excluding hydrogens is 333 g/mol. The highest BCUT2D eigenvalue weighted by Crippen LogP contribution is 2.29. The van der Waals surface area contributed by atoms with Crippen LogP contribution in [-0.2, 0) is 5.41 Å². The van der Waals surface area contributed by atoms with E-state index in [1.54, 1.807) is 0 Å². The van der Waals surface area contributed by atoms with Crippen LogP contribution in [-0.4, -0.2) is 0 Å². The molecule has 0 unspecified atom stereocenters. The lowest BCUT2D eigenvalue weighted by Crippen LogP contribution is -2.10. The van der Waals surface area contributed by atoms with Crippen LogP contribution in [0.3, 0.4) is 0 Å². The van der Waals surface area contributed by atoms with Crippen molar-refractivity contribution in [3.8, 4) is 11.1 Å².